The molecule has 0 unspecified atom stereocenters. The molecule has 0 atom stereocenters. The van der Waals surface area contributed by atoms with E-state index in [2.05, 4.69) is 5.32 Å². The van der Waals surface area contributed by atoms with Crippen LogP contribution in [-0.4, -0.2) is 17.0 Å². The van der Waals surface area contributed by atoms with Crippen molar-refractivity contribution in [2.24, 2.45) is 0 Å². The molecule has 0 radical (unpaired) electrons. The zero-order chi connectivity index (χ0) is 12.7. The van der Waals surface area contributed by atoms with Crippen LogP contribution in [0.5, 0.6) is 0 Å². The predicted molar refractivity (Wildman–Crippen MR) is 64.8 cm³/mol. The van der Waals surface area contributed by atoms with Crippen LogP contribution in [0, 0.1) is 0 Å². The Bertz CT molecular complexity index is 406. The van der Waals surface area contributed by atoms with Crippen LogP contribution < -0.4 is 5.32 Å². The van der Waals surface area contributed by atoms with Crippen molar-refractivity contribution < 1.29 is 14.7 Å². The van der Waals surface area contributed by atoms with Crippen molar-refractivity contribution in [3.63, 3.8) is 0 Å². The maximum absolute atomic E-state index is 11.4. The molecule has 1 rings (SSSR count). The standard InChI is InChI=1S/C12H14ClNO3/c13-10-5-2-1-4-9(10)8-14-11(15)6-3-7-12(16)17/h1-2,4-5H,3,6-8H2,(H,14,15)(H,16,17). The summed E-state index contributed by atoms with van der Waals surface area (Å²) in [4.78, 5) is 21.6. The molecule has 5 heteroatoms. The summed E-state index contributed by atoms with van der Waals surface area (Å²) in [6.07, 6.45) is 0.583. The number of aliphatic carboxylic acids is 1. The number of carbonyl (C=O) groups is 2. The molecule has 0 aromatic heterocycles. The third kappa shape index (κ3) is 5.36. The van der Waals surface area contributed by atoms with Gasteiger partial charge in [-0.3, -0.25) is 9.59 Å². The van der Waals surface area contributed by atoms with Crippen molar-refractivity contribution in [3.8, 4) is 0 Å². The zero-order valence-electron chi connectivity index (χ0n) is 9.28. The summed E-state index contributed by atoms with van der Waals surface area (Å²) in [5.41, 5.74) is 0.848. The van der Waals surface area contributed by atoms with Gasteiger partial charge in [0, 0.05) is 24.4 Å². The number of carboxylic acids is 1. The molecular weight excluding hydrogens is 242 g/mol. The monoisotopic (exact) mass is 255 g/mol. The Morgan fingerprint density at radius 2 is 1.94 bits per heavy atom. The normalized spacial score (nSPS) is 9.94. The van der Waals surface area contributed by atoms with Gasteiger partial charge in [-0.05, 0) is 18.1 Å². The van der Waals surface area contributed by atoms with Gasteiger partial charge >= 0.3 is 5.97 Å². The van der Waals surface area contributed by atoms with Gasteiger partial charge in [0.1, 0.15) is 0 Å². The molecule has 0 bridgehead atoms. The van der Waals surface area contributed by atoms with Crippen LogP contribution in [0.15, 0.2) is 24.3 Å². The van der Waals surface area contributed by atoms with Crippen LogP contribution in [-0.2, 0) is 16.1 Å². The Morgan fingerprint density at radius 1 is 1.24 bits per heavy atom. The Morgan fingerprint density at radius 3 is 2.59 bits per heavy atom. The maximum Gasteiger partial charge on any atom is 0.303 e. The first-order chi connectivity index (χ1) is 8.09. The summed E-state index contributed by atoms with van der Waals surface area (Å²) in [6.45, 7) is 0.367. The van der Waals surface area contributed by atoms with E-state index in [-0.39, 0.29) is 18.7 Å². The van der Waals surface area contributed by atoms with E-state index in [0.717, 1.165) is 5.56 Å². The molecule has 2 N–H and O–H groups in total. The first-order valence-electron chi connectivity index (χ1n) is 5.31. The molecule has 4 nitrogen and oxygen atoms in total. The van der Waals surface area contributed by atoms with Crippen molar-refractivity contribution in [1.29, 1.82) is 0 Å². The van der Waals surface area contributed by atoms with Gasteiger partial charge in [-0.2, -0.15) is 0 Å². The first-order valence-corrected chi connectivity index (χ1v) is 5.69. The van der Waals surface area contributed by atoms with E-state index in [1.165, 1.54) is 0 Å². The summed E-state index contributed by atoms with van der Waals surface area (Å²) in [5.74, 6) is -1.05. The molecule has 92 valence electrons. The largest absolute Gasteiger partial charge is 0.481 e. The fourth-order valence-corrected chi connectivity index (χ4v) is 1.53. The Balaban J connectivity index is 2.29. The molecule has 0 fully saturated rings. The molecule has 0 saturated carbocycles. The third-order valence-corrected chi connectivity index (χ3v) is 2.60. The van der Waals surface area contributed by atoms with Crippen LogP contribution in [0.4, 0.5) is 0 Å². The van der Waals surface area contributed by atoms with E-state index < -0.39 is 5.97 Å². The summed E-state index contributed by atoms with van der Waals surface area (Å²) in [7, 11) is 0. The van der Waals surface area contributed by atoms with E-state index in [1.807, 2.05) is 18.2 Å². The second kappa shape index (κ2) is 6.91. The number of carboxylic acid groups (broad SMARTS) is 1. The first kappa shape index (κ1) is 13.5. The summed E-state index contributed by atoms with van der Waals surface area (Å²) in [6, 6.07) is 7.26. The number of nitrogens with one attached hydrogen (secondary N) is 1. The molecule has 1 amide bonds. The summed E-state index contributed by atoms with van der Waals surface area (Å²) >= 11 is 5.92. The highest BCUT2D eigenvalue weighted by atomic mass is 35.5. The van der Waals surface area contributed by atoms with Crippen molar-refractivity contribution in [2.45, 2.75) is 25.8 Å². The quantitative estimate of drug-likeness (QED) is 0.819. The Kier molecular flexibility index (Phi) is 5.49. The van der Waals surface area contributed by atoms with Gasteiger partial charge in [0.05, 0.1) is 0 Å². The van der Waals surface area contributed by atoms with Crippen molar-refractivity contribution in [3.05, 3.63) is 34.9 Å². The van der Waals surface area contributed by atoms with Crippen molar-refractivity contribution in [2.75, 3.05) is 0 Å². The van der Waals surface area contributed by atoms with Gasteiger partial charge in [0.2, 0.25) is 5.91 Å². The minimum absolute atomic E-state index is 0.0134. The lowest BCUT2D eigenvalue weighted by Crippen LogP contribution is -2.22. The fourth-order valence-electron chi connectivity index (χ4n) is 1.32. The van der Waals surface area contributed by atoms with Gasteiger partial charge in [0.25, 0.3) is 0 Å². The number of rotatable bonds is 6. The van der Waals surface area contributed by atoms with E-state index in [9.17, 15) is 9.59 Å². The summed E-state index contributed by atoms with van der Waals surface area (Å²) < 4.78 is 0. The number of halogens is 1. The van der Waals surface area contributed by atoms with Crippen molar-refractivity contribution in [1.82, 2.24) is 5.32 Å². The molecule has 0 aliphatic heterocycles. The SMILES string of the molecule is O=C(O)CCCC(=O)NCc1ccccc1Cl. The molecule has 0 aliphatic rings. The molecule has 1 aromatic rings. The molecule has 17 heavy (non-hydrogen) atoms. The second-order valence-electron chi connectivity index (χ2n) is 3.62. The number of hydrogen-bond donors (Lipinski definition) is 2. The van der Waals surface area contributed by atoms with Gasteiger partial charge in [-0.25, -0.2) is 0 Å². The minimum Gasteiger partial charge on any atom is -0.481 e. The highest BCUT2D eigenvalue weighted by Gasteiger charge is 2.05. The highest BCUT2D eigenvalue weighted by Crippen LogP contribution is 2.14. The average Bonchev–Trinajstić information content (AvgIpc) is 2.27. The van der Waals surface area contributed by atoms with Gasteiger partial charge in [-0.1, -0.05) is 29.8 Å². The minimum atomic E-state index is -0.885. The molecule has 0 heterocycles. The van der Waals surface area contributed by atoms with Gasteiger partial charge < -0.3 is 10.4 Å². The lowest BCUT2D eigenvalue weighted by atomic mass is 10.2. The Labute approximate surface area is 105 Å². The third-order valence-electron chi connectivity index (χ3n) is 2.23. The number of benzene rings is 1. The lowest BCUT2D eigenvalue weighted by molar-refractivity contribution is -0.137. The summed E-state index contributed by atoms with van der Waals surface area (Å²) in [5, 5.41) is 11.7. The van der Waals surface area contributed by atoms with Crippen LogP contribution in [0.25, 0.3) is 0 Å². The zero-order valence-corrected chi connectivity index (χ0v) is 10.0. The van der Waals surface area contributed by atoms with Crippen LogP contribution in [0.1, 0.15) is 24.8 Å². The molecule has 0 spiro atoms. The molecular formula is C12H14ClNO3. The lowest BCUT2D eigenvalue weighted by Gasteiger charge is -2.06. The van der Waals surface area contributed by atoms with E-state index >= 15 is 0 Å². The van der Waals surface area contributed by atoms with Gasteiger partial charge in [0.15, 0.2) is 0 Å². The maximum atomic E-state index is 11.4. The smallest absolute Gasteiger partial charge is 0.303 e. The van der Waals surface area contributed by atoms with E-state index in [0.29, 0.717) is 18.0 Å². The highest BCUT2D eigenvalue weighted by molar-refractivity contribution is 6.31. The van der Waals surface area contributed by atoms with Crippen LogP contribution >= 0.6 is 11.6 Å². The fraction of sp³-hybridized carbons (Fsp3) is 0.333. The molecule has 1 aromatic carbocycles. The van der Waals surface area contributed by atoms with Crippen LogP contribution in [0.3, 0.4) is 0 Å². The molecule has 0 saturated heterocycles. The predicted octanol–water partition coefficient (Wildman–Crippen LogP) is 2.21. The average molecular weight is 256 g/mol. The number of carbonyl (C=O) groups excluding carboxylic acids is 1. The van der Waals surface area contributed by atoms with E-state index in [4.69, 9.17) is 16.7 Å². The topological polar surface area (TPSA) is 66.4 Å². The van der Waals surface area contributed by atoms with Crippen molar-refractivity contribution >= 4 is 23.5 Å². The van der Waals surface area contributed by atoms with Gasteiger partial charge in [-0.15, -0.1) is 0 Å². The molecule has 0 aliphatic carbocycles. The van der Waals surface area contributed by atoms with E-state index in [1.54, 1.807) is 6.07 Å². The Hall–Kier alpha value is -1.55. The van der Waals surface area contributed by atoms with Crippen LogP contribution in [0.2, 0.25) is 5.02 Å². The number of amides is 1. The second-order valence-corrected chi connectivity index (χ2v) is 4.02. The number of hydrogen-bond acceptors (Lipinski definition) is 2.